The molecule has 0 radical (unpaired) electrons. The van der Waals surface area contributed by atoms with Crippen LogP contribution >= 0.6 is 0 Å². The maximum atomic E-state index is 10.7. The van der Waals surface area contributed by atoms with Gasteiger partial charge in [-0.05, 0) is 76.3 Å². The molecule has 0 atom stereocenters. The molecule has 2 aromatic rings. The monoisotopic (exact) mass is 456 g/mol. The second-order valence-electron chi connectivity index (χ2n) is 11.8. The zero-order valence-corrected chi connectivity index (χ0v) is 20.1. The van der Waals surface area contributed by atoms with Gasteiger partial charge in [-0.3, -0.25) is 0 Å². The number of aliphatic hydroxyl groups is 1. The minimum Gasteiger partial charge on any atom is -0.390 e. The van der Waals surface area contributed by atoms with Crippen molar-refractivity contribution in [3.8, 4) is 6.07 Å². The van der Waals surface area contributed by atoms with Crippen LogP contribution in [0.15, 0.2) is 24.3 Å². The summed E-state index contributed by atoms with van der Waals surface area (Å²) in [5.74, 6) is 2.24. The number of aromatic nitrogens is 2. The van der Waals surface area contributed by atoms with Crippen LogP contribution in [0.4, 0.5) is 17.3 Å². The highest BCUT2D eigenvalue weighted by molar-refractivity contribution is 5.87. The summed E-state index contributed by atoms with van der Waals surface area (Å²) in [5, 5.41) is 32.0. The van der Waals surface area contributed by atoms with Gasteiger partial charge in [0.2, 0.25) is 0 Å². The number of nitrogens with one attached hydrogen (secondary N) is 2. The Hall–Kier alpha value is -2.98. The van der Waals surface area contributed by atoms with E-state index in [1.807, 2.05) is 45.0 Å². The molecular formula is C27H32N6O. The van der Waals surface area contributed by atoms with Crippen molar-refractivity contribution in [1.82, 2.24) is 9.97 Å². The molecule has 7 nitrogen and oxygen atoms in total. The summed E-state index contributed by atoms with van der Waals surface area (Å²) >= 11 is 0. The summed E-state index contributed by atoms with van der Waals surface area (Å²) in [6, 6.07) is 10.9. The van der Waals surface area contributed by atoms with Crippen molar-refractivity contribution in [2.24, 2.45) is 10.8 Å². The summed E-state index contributed by atoms with van der Waals surface area (Å²) in [4.78, 5) is 11.6. The lowest BCUT2D eigenvalue weighted by molar-refractivity contribution is -0.0754. The van der Waals surface area contributed by atoms with Crippen molar-refractivity contribution in [3.05, 3.63) is 41.2 Å². The number of fused-ring (bicyclic) bond motifs is 1. The fraction of sp³-hybridized carbons (Fsp3) is 0.556. The smallest absolute Gasteiger partial charge is 0.136 e. The zero-order valence-electron chi connectivity index (χ0n) is 20.1. The van der Waals surface area contributed by atoms with Crippen molar-refractivity contribution < 1.29 is 5.11 Å². The molecule has 2 saturated heterocycles. The summed E-state index contributed by atoms with van der Waals surface area (Å²) in [6.45, 7) is 6.52. The van der Waals surface area contributed by atoms with E-state index in [1.165, 1.54) is 19.1 Å². The number of hydrogen-bond acceptors (Lipinski definition) is 7. The lowest BCUT2D eigenvalue weighted by Gasteiger charge is -2.45. The predicted molar refractivity (Wildman–Crippen MR) is 132 cm³/mol. The first-order chi connectivity index (χ1) is 16.1. The van der Waals surface area contributed by atoms with Crippen LogP contribution in [0.3, 0.4) is 0 Å². The maximum Gasteiger partial charge on any atom is 0.136 e. The average Bonchev–Trinajstić information content (AvgIpc) is 3.27. The van der Waals surface area contributed by atoms with E-state index in [0.29, 0.717) is 23.1 Å². The Morgan fingerprint density at radius 1 is 1.24 bits per heavy atom. The highest BCUT2D eigenvalue weighted by Gasteiger charge is 2.63. The quantitative estimate of drug-likeness (QED) is 0.548. The number of rotatable bonds is 6. The van der Waals surface area contributed by atoms with Crippen LogP contribution in [0.5, 0.6) is 0 Å². The molecule has 3 saturated carbocycles. The summed E-state index contributed by atoms with van der Waals surface area (Å²) in [5.41, 5.74) is 1.80. The number of nitrogens with zero attached hydrogens (tertiary/aromatic N) is 4. The van der Waals surface area contributed by atoms with Gasteiger partial charge in [0.15, 0.2) is 0 Å². The number of anilines is 3. The normalized spacial score (nSPS) is 27.5. The third-order valence-corrected chi connectivity index (χ3v) is 9.13. The second-order valence-corrected chi connectivity index (χ2v) is 11.8. The van der Waals surface area contributed by atoms with Crippen molar-refractivity contribution in [2.45, 2.75) is 76.4 Å². The Balaban J connectivity index is 1.29. The number of benzene rings is 1. The first-order valence-corrected chi connectivity index (χ1v) is 12.3. The summed E-state index contributed by atoms with van der Waals surface area (Å²) < 4.78 is 0. The molecule has 1 aromatic carbocycles. The van der Waals surface area contributed by atoms with Crippen LogP contribution in [-0.2, 0) is 5.41 Å². The van der Waals surface area contributed by atoms with E-state index in [1.54, 1.807) is 0 Å². The molecule has 3 N–H and O–H groups in total. The van der Waals surface area contributed by atoms with Gasteiger partial charge in [0.05, 0.1) is 17.1 Å². The van der Waals surface area contributed by atoms with E-state index >= 15 is 0 Å². The summed E-state index contributed by atoms with van der Waals surface area (Å²) in [7, 11) is 0. The molecule has 0 unspecified atom stereocenters. The Kier molecular flexibility index (Phi) is 4.30. The van der Waals surface area contributed by atoms with Gasteiger partial charge in [-0.2, -0.15) is 5.26 Å². The van der Waals surface area contributed by atoms with Gasteiger partial charge in [0, 0.05) is 41.5 Å². The van der Waals surface area contributed by atoms with Crippen LogP contribution in [0.2, 0.25) is 0 Å². The molecular weight excluding hydrogens is 424 g/mol. The first kappa shape index (κ1) is 21.5. The molecule has 3 heterocycles. The van der Waals surface area contributed by atoms with E-state index in [2.05, 4.69) is 21.3 Å². The van der Waals surface area contributed by atoms with Gasteiger partial charge in [-0.15, -0.1) is 0 Å². The predicted octanol–water partition coefficient (Wildman–Crippen LogP) is 4.60. The van der Waals surface area contributed by atoms with Crippen LogP contribution in [-0.4, -0.2) is 39.5 Å². The van der Waals surface area contributed by atoms with E-state index in [4.69, 9.17) is 10.4 Å². The second kappa shape index (κ2) is 6.79. The first-order valence-electron chi connectivity index (χ1n) is 12.3. The van der Waals surface area contributed by atoms with E-state index < -0.39 is 11.0 Å². The van der Waals surface area contributed by atoms with Crippen molar-refractivity contribution in [3.63, 3.8) is 0 Å². The number of aryl methyl sites for hydroxylation is 1. The third-order valence-electron chi connectivity index (χ3n) is 9.13. The SMILES string of the molecule is Cc1nc(Nc2cc(C3(C#N)CC4(CC4)C3)ccc2C=N)cc(N2CC3(C(C)(C)O)CC2C3)n1. The summed E-state index contributed by atoms with van der Waals surface area (Å²) in [6.07, 6.45) is 7.68. The Morgan fingerprint density at radius 3 is 2.56 bits per heavy atom. The molecule has 0 amide bonds. The van der Waals surface area contributed by atoms with Gasteiger partial charge in [0.25, 0.3) is 0 Å². The fourth-order valence-electron chi connectivity index (χ4n) is 6.70. The molecule has 5 fully saturated rings. The Morgan fingerprint density at radius 2 is 1.97 bits per heavy atom. The lowest BCUT2D eigenvalue weighted by Crippen LogP contribution is -2.50. The van der Waals surface area contributed by atoms with E-state index in [0.717, 1.165) is 54.9 Å². The fourth-order valence-corrected chi connectivity index (χ4v) is 6.70. The van der Waals surface area contributed by atoms with E-state index in [-0.39, 0.29) is 5.41 Å². The van der Waals surface area contributed by atoms with Gasteiger partial charge in [-0.1, -0.05) is 12.1 Å². The van der Waals surface area contributed by atoms with Crippen molar-refractivity contribution >= 4 is 23.5 Å². The van der Waals surface area contributed by atoms with Crippen molar-refractivity contribution in [1.29, 1.82) is 10.7 Å². The maximum absolute atomic E-state index is 10.7. The lowest BCUT2D eigenvalue weighted by atomic mass is 9.57. The van der Waals surface area contributed by atoms with Gasteiger partial charge in [0.1, 0.15) is 17.5 Å². The highest BCUT2D eigenvalue weighted by atomic mass is 16.3. The van der Waals surface area contributed by atoms with Crippen molar-refractivity contribution in [2.75, 3.05) is 16.8 Å². The minimum atomic E-state index is -0.710. The molecule has 5 aliphatic rings. The van der Waals surface area contributed by atoms with Gasteiger partial charge < -0.3 is 20.7 Å². The molecule has 1 spiro atoms. The molecule has 176 valence electrons. The largest absolute Gasteiger partial charge is 0.390 e. The van der Waals surface area contributed by atoms with Crippen LogP contribution in [0.1, 0.15) is 69.3 Å². The minimum absolute atomic E-state index is 0.0703. The molecule has 2 bridgehead atoms. The molecule has 7 heteroatoms. The topological polar surface area (TPSA) is 109 Å². The number of hydrogen-bond donors (Lipinski definition) is 3. The zero-order chi connectivity index (χ0) is 23.9. The average molecular weight is 457 g/mol. The molecule has 3 aliphatic carbocycles. The van der Waals surface area contributed by atoms with Gasteiger partial charge >= 0.3 is 0 Å². The third kappa shape index (κ3) is 3.08. The molecule has 1 aromatic heterocycles. The van der Waals surface area contributed by atoms with E-state index in [9.17, 15) is 10.4 Å². The Bertz CT molecular complexity index is 1220. The van der Waals surface area contributed by atoms with Crippen LogP contribution in [0.25, 0.3) is 0 Å². The molecule has 2 aliphatic heterocycles. The number of nitriles is 1. The van der Waals surface area contributed by atoms with Gasteiger partial charge in [-0.25, -0.2) is 9.97 Å². The molecule has 34 heavy (non-hydrogen) atoms. The molecule has 7 rings (SSSR count). The highest BCUT2D eigenvalue weighted by Crippen LogP contribution is 2.68. The van der Waals surface area contributed by atoms with Crippen LogP contribution in [0, 0.1) is 34.5 Å². The Labute approximate surface area is 200 Å². The van der Waals surface area contributed by atoms with Crippen LogP contribution < -0.4 is 10.2 Å². The standard InChI is InChI=1S/C27H32N6O/c1-17-30-22(9-23(31-17)33-16-27(24(2,3)34)10-20(33)11-27)32-21-8-19(5-4-18(21)12-28)26(15-29)13-25(14-26)6-7-25/h4-5,8-9,12,20,28,34H,6-7,10-11,13-14,16H2,1-3H3,(H,30,31,32).